The molecule has 8 aromatic carbocycles. The number of furan rings is 1. The molecule has 0 aliphatic heterocycles. The van der Waals surface area contributed by atoms with Gasteiger partial charge in [0, 0.05) is 43.4 Å². The molecule has 0 aliphatic rings. The van der Waals surface area contributed by atoms with Crippen molar-refractivity contribution in [3.63, 3.8) is 0 Å². The quantitative estimate of drug-likeness (QED) is 0.175. The highest BCUT2D eigenvalue weighted by Crippen LogP contribution is 2.45. The van der Waals surface area contributed by atoms with E-state index < -0.39 is 298 Å². The van der Waals surface area contributed by atoms with E-state index in [1.54, 1.807) is 0 Å². The maximum absolute atomic E-state index is 10.1. The van der Waals surface area contributed by atoms with E-state index in [-0.39, 0.29) is 0 Å². The SMILES string of the molecule is [2H]c1c([2H])c([2H])c(-c2nc(-c3c([2H])c([2H])c([2H])c([2H])c3[2H])nc(-n3c4c([2H])c([2H])c([2H])c([2H])c4c4c([2H])c([2H])c5c6c([2H])c([2H])c([2H])c([2H])c6n(-c6c([2H])c([2H])c(-c7c([2H])c([2H])c([2H])c([2H])c7[2H])c7c6oc6c([2H])c([2H])c([2H])c([2H])c67)c5c43)n2)c([2H])c1[2H]. The number of hydrogen-bond donors (Lipinski definition) is 0. The molecule has 4 aromatic heterocycles. The van der Waals surface area contributed by atoms with Crippen LogP contribution >= 0.6 is 0 Å². The lowest BCUT2D eigenvalue weighted by Gasteiger charge is -2.14. The number of benzene rings is 8. The fourth-order valence-corrected chi connectivity index (χ4v) is 6.83. The third-order valence-corrected chi connectivity index (χ3v) is 9.09. The summed E-state index contributed by atoms with van der Waals surface area (Å²) >= 11 is 0. The summed E-state index contributed by atoms with van der Waals surface area (Å²) in [4.78, 5) is 13.4. The Labute approximate surface area is 370 Å². The molecule has 0 radical (unpaired) electrons. The first-order chi connectivity index (χ1) is 41.2. The molecular formula is C51H31N5O. The van der Waals surface area contributed by atoms with Crippen LogP contribution in [-0.4, -0.2) is 24.1 Å². The summed E-state index contributed by atoms with van der Waals surface area (Å²) < 4.78 is 288. The van der Waals surface area contributed by atoms with E-state index >= 15 is 0 Å². The zero-order valence-corrected chi connectivity index (χ0v) is 28.1. The lowest BCUT2D eigenvalue weighted by atomic mass is 9.98. The van der Waals surface area contributed by atoms with E-state index in [2.05, 4.69) is 15.0 Å². The number of para-hydroxylation sites is 3. The molecule has 0 spiro atoms. The van der Waals surface area contributed by atoms with Gasteiger partial charge in [0.2, 0.25) is 5.95 Å². The standard InChI is InChI=1S/C51H31N5O/c1-4-16-32(17-5-1)35-30-31-43(48-45(35)40-24-12-15-27-44(40)57-48)55-41-25-13-10-22-36(41)38-28-29-39-37-23-11-14-26-42(37)56(47(39)46(38)55)51-53-49(33-18-6-2-7-19-33)52-50(54-51)34-20-8-3-9-21-34/h1-31H/i1D,2D,3D,4D,5D,6D,7D,8D,9D,10D,11D,12D,13D,14D,15D,16D,17D,18D,19D,20D,21D,22D,23D,24D,25D,26D,27D,28D,29D,30D,31D. The molecule has 6 heteroatoms. The fraction of sp³-hybridized carbons (Fsp3) is 0. The van der Waals surface area contributed by atoms with Gasteiger partial charge in [-0.15, -0.1) is 0 Å². The van der Waals surface area contributed by atoms with Crippen LogP contribution in [0.2, 0.25) is 0 Å². The molecule has 0 unspecified atom stereocenters. The molecule has 4 heterocycles. The Morgan fingerprint density at radius 2 is 0.895 bits per heavy atom. The van der Waals surface area contributed by atoms with Crippen LogP contribution in [0.5, 0.6) is 0 Å². The van der Waals surface area contributed by atoms with Crippen molar-refractivity contribution in [2.75, 3.05) is 0 Å². The van der Waals surface area contributed by atoms with Crippen molar-refractivity contribution in [3.05, 3.63) is 187 Å². The third kappa shape index (κ3) is 4.74. The summed E-state index contributed by atoms with van der Waals surface area (Å²) in [6, 6.07) is -29.8. The average molecular weight is 761 g/mol. The van der Waals surface area contributed by atoms with Gasteiger partial charge in [0.15, 0.2) is 17.2 Å². The van der Waals surface area contributed by atoms with Crippen LogP contribution < -0.4 is 0 Å². The molecule has 0 saturated carbocycles. The van der Waals surface area contributed by atoms with Gasteiger partial charge in [-0.2, -0.15) is 9.97 Å². The molecule has 0 bridgehead atoms. The van der Waals surface area contributed by atoms with Gasteiger partial charge in [-0.1, -0.05) is 163 Å². The first-order valence-electron chi connectivity index (χ1n) is 32.1. The Hall–Kier alpha value is -7.83. The minimum Gasteiger partial charge on any atom is -0.454 e. The van der Waals surface area contributed by atoms with Gasteiger partial charge in [0.1, 0.15) is 5.58 Å². The van der Waals surface area contributed by atoms with Crippen LogP contribution in [-0.2, 0) is 0 Å². The second-order valence-corrected chi connectivity index (χ2v) is 12.1. The minimum absolute atomic E-state index is 0.608. The Bertz CT molecular complexity index is 5190. The highest BCUT2D eigenvalue weighted by molar-refractivity contribution is 6.24. The first-order valence-corrected chi connectivity index (χ1v) is 16.6. The maximum atomic E-state index is 10.1. The Morgan fingerprint density at radius 1 is 0.404 bits per heavy atom. The number of hydrogen-bond acceptors (Lipinski definition) is 4. The summed E-state index contributed by atoms with van der Waals surface area (Å²) in [7, 11) is 0. The molecule has 0 atom stereocenters. The van der Waals surface area contributed by atoms with E-state index in [1.807, 2.05) is 0 Å². The lowest BCUT2D eigenvalue weighted by Crippen LogP contribution is -2.07. The first kappa shape index (κ1) is 13.7. The number of aromatic nitrogens is 5. The Kier molecular flexibility index (Phi) is 2.97. The van der Waals surface area contributed by atoms with Crippen LogP contribution in [0.15, 0.2) is 192 Å². The molecule has 57 heavy (non-hydrogen) atoms. The topological polar surface area (TPSA) is 61.7 Å². The van der Waals surface area contributed by atoms with Crippen LogP contribution in [0, 0.1) is 0 Å². The molecule has 6 nitrogen and oxygen atoms in total. The Balaban J connectivity index is 1.44. The maximum Gasteiger partial charge on any atom is 0.238 e. The van der Waals surface area contributed by atoms with Crippen LogP contribution in [0.4, 0.5) is 0 Å². The van der Waals surface area contributed by atoms with Crippen LogP contribution in [0.25, 0.3) is 111 Å². The highest BCUT2D eigenvalue weighted by atomic mass is 16.3. The van der Waals surface area contributed by atoms with Gasteiger partial charge in [-0.3, -0.25) is 4.57 Å². The van der Waals surface area contributed by atoms with Gasteiger partial charge in [-0.05, 0) is 35.3 Å². The van der Waals surface area contributed by atoms with E-state index in [9.17, 15) is 12.3 Å². The van der Waals surface area contributed by atoms with Crippen molar-refractivity contribution in [1.82, 2.24) is 24.1 Å². The average Bonchev–Trinajstić information content (AvgIpc) is 1.50. The van der Waals surface area contributed by atoms with E-state index in [0.29, 0.717) is 0 Å². The van der Waals surface area contributed by atoms with Gasteiger partial charge in [0.25, 0.3) is 0 Å². The second kappa shape index (κ2) is 12.3. The van der Waals surface area contributed by atoms with Gasteiger partial charge >= 0.3 is 0 Å². The lowest BCUT2D eigenvalue weighted by molar-refractivity contribution is 0.666. The van der Waals surface area contributed by atoms with Gasteiger partial charge in [-0.25, -0.2) is 4.98 Å². The summed E-state index contributed by atoms with van der Waals surface area (Å²) in [5, 5.41) is -3.88. The highest BCUT2D eigenvalue weighted by Gasteiger charge is 2.25. The molecule has 0 fully saturated rings. The van der Waals surface area contributed by atoms with Crippen LogP contribution in [0.3, 0.4) is 0 Å². The number of fused-ring (bicyclic) bond motifs is 10. The summed E-state index contributed by atoms with van der Waals surface area (Å²) in [5.74, 6) is -2.82. The normalized spacial score (nSPS) is 19.5. The van der Waals surface area contributed by atoms with Gasteiger partial charge < -0.3 is 8.98 Å². The minimum atomic E-state index is -1.12. The Morgan fingerprint density at radius 3 is 1.51 bits per heavy atom. The summed E-state index contributed by atoms with van der Waals surface area (Å²) in [6.07, 6.45) is 0. The van der Waals surface area contributed by atoms with Crippen molar-refractivity contribution in [2.45, 2.75) is 0 Å². The third-order valence-electron chi connectivity index (χ3n) is 9.09. The predicted octanol–water partition coefficient (Wildman–Crippen LogP) is 13.0. The molecule has 266 valence electrons. The second-order valence-electron chi connectivity index (χ2n) is 12.1. The summed E-state index contributed by atoms with van der Waals surface area (Å²) in [5.41, 5.74) is -8.46. The largest absolute Gasteiger partial charge is 0.454 e. The van der Waals surface area contributed by atoms with Crippen molar-refractivity contribution in [2.24, 2.45) is 0 Å². The summed E-state index contributed by atoms with van der Waals surface area (Å²) in [6.45, 7) is 0. The molecule has 12 rings (SSSR count). The molecule has 12 aromatic rings. The van der Waals surface area contributed by atoms with Crippen molar-refractivity contribution in [3.8, 4) is 45.5 Å². The molecular weight excluding hydrogens is 699 g/mol. The molecule has 0 aliphatic carbocycles. The molecule has 0 amide bonds. The molecule has 0 saturated heterocycles. The monoisotopic (exact) mass is 760 g/mol. The zero-order valence-electron chi connectivity index (χ0n) is 59.1. The van der Waals surface area contributed by atoms with E-state index in [1.165, 1.54) is 0 Å². The van der Waals surface area contributed by atoms with E-state index in [0.717, 1.165) is 9.13 Å². The molecule has 0 N–H and O–H groups in total. The van der Waals surface area contributed by atoms with Gasteiger partial charge in [0.05, 0.1) is 70.2 Å². The van der Waals surface area contributed by atoms with Crippen LogP contribution in [0.1, 0.15) is 42.5 Å². The predicted molar refractivity (Wildman–Crippen MR) is 232 cm³/mol. The van der Waals surface area contributed by atoms with E-state index in [4.69, 9.17) is 34.6 Å². The van der Waals surface area contributed by atoms with Crippen molar-refractivity contribution in [1.29, 1.82) is 0 Å². The number of nitrogens with zero attached hydrogens (tertiary/aromatic N) is 5. The smallest absolute Gasteiger partial charge is 0.238 e. The van der Waals surface area contributed by atoms with Crippen molar-refractivity contribution >= 4 is 65.6 Å². The zero-order chi connectivity index (χ0) is 64.4. The fourth-order valence-electron chi connectivity index (χ4n) is 6.83. The number of rotatable bonds is 5. The van der Waals surface area contributed by atoms with Crippen molar-refractivity contribution < 1.29 is 46.9 Å².